The van der Waals surface area contributed by atoms with Gasteiger partial charge >= 0.3 is 0 Å². The maximum Gasteiger partial charge on any atom is 0.165 e. The monoisotopic (exact) mass is 419 g/mol. The number of rotatable bonds is 7. The summed E-state index contributed by atoms with van der Waals surface area (Å²) in [5.41, 5.74) is 8.36. The van der Waals surface area contributed by atoms with E-state index in [-0.39, 0.29) is 6.54 Å². The first-order chi connectivity index (χ1) is 15.2. The molecular weight excluding hydrogens is 394 g/mol. The van der Waals surface area contributed by atoms with E-state index in [2.05, 4.69) is 37.5 Å². The van der Waals surface area contributed by atoms with Crippen LogP contribution in [0.25, 0.3) is 11.2 Å². The molecule has 3 aromatic rings. The lowest BCUT2D eigenvalue weighted by Gasteiger charge is -2.29. The highest BCUT2D eigenvalue weighted by molar-refractivity contribution is 6.02. The van der Waals surface area contributed by atoms with Gasteiger partial charge in [0.1, 0.15) is 12.1 Å². The van der Waals surface area contributed by atoms with E-state index < -0.39 is 0 Å². The molecule has 1 aromatic carbocycles. The number of aromatic nitrogens is 3. The Morgan fingerprint density at radius 3 is 2.90 bits per heavy atom. The normalized spacial score (nSPS) is 14.6. The Balaban J connectivity index is 1.72. The van der Waals surface area contributed by atoms with Gasteiger partial charge in [0.15, 0.2) is 11.5 Å². The third kappa shape index (κ3) is 4.66. The number of hydrogen-bond acceptors (Lipinski definition) is 8. The lowest BCUT2D eigenvalue weighted by Crippen LogP contribution is -2.36. The van der Waals surface area contributed by atoms with Gasteiger partial charge in [0.05, 0.1) is 43.6 Å². The molecule has 31 heavy (non-hydrogen) atoms. The number of ether oxygens (including phenoxy) is 2. The predicted octanol–water partition coefficient (Wildman–Crippen LogP) is 2.56. The fourth-order valence-electron chi connectivity index (χ4n) is 3.58. The minimum absolute atomic E-state index is 0.178. The van der Waals surface area contributed by atoms with Crippen LogP contribution in [0.3, 0.4) is 0 Å². The number of morpholine rings is 1. The van der Waals surface area contributed by atoms with Crippen molar-refractivity contribution in [2.75, 3.05) is 50.3 Å². The zero-order chi connectivity index (χ0) is 21.6. The fourth-order valence-corrected chi connectivity index (χ4v) is 3.58. The van der Waals surface area contributed by atoms with Crippen LogP contribution in [-0.2, 0) is 16.0 Å². The maximum absolute atomic E-state index is 9.16. The molecule has 0 unspecified atom stereocenters. The van der Waals surface area contributed by atoms with Gasteiger partial charge in [-0.3, -0.25) is 5.43 Å². The largest absolute Gasteiger partial charge is 0.378 e. The third-order valence-electron chi connectivity index (χ3n) is 5.08. The molecular formula is C22H25N7O2. The number of aryl methyl sites for hydroxylation is 1. The van der Waals surface area contributed by atoms with E-state index in [1.807, 2.05) is 31.2 Å². The number of methoxy groups -OCH3 is 1. The molecule has 1 aliphatic heterocycles. The first-order valence-corrected chi connectivity index (χ1v) is 10.1. The van der Waals surface area contributed by atoms with E-state index in [1.165, 1.54) is 0 Å². The molecule has 3 heterocycles. The first kappa shape index (κ1) is 20.8. The molecule has 0 aliphatic carbocycles. The van der Waals surface area contributed by atoms with Gasteiger partial charge in [-0.2, -0.15) is 10.4 Å². The summed E-state index contributed by atoms with van der Waals surface area (Å²) in [4.78, 5) is 11.4. The average molecular weight is 419 g/mol. The molecule has 9 nitrogen and oxygen atoms in total. The number of fused-ring (bicyclic) bond motifs is 1. The van der Waals surface area contributed by atoms with Crippen LogP contribution in [-0.4, -0.2) is 60.3 Å². The summed E-state index contributed by atoms with van der Waals surface area (Å²) < 4.78 is 12.6. The van der Waals surface area contributed by atoms with Gasteiger partial charge in [0.25, 0.3) is 0 Å². The van der Waals surface area contributed by atoms with Crippen molar-refractivity contribution in [1.82, 2.24) is 14.5 Å². The van der Waals surface area contributed by atoms with E-state index in [1.54, 1.807) is 18.0 Å². The Kier molecular flexibility index (Phi) is 6.40. The van der Waals surface area contributed by atoms with Crippen LogP contribution in [0.2, 0.25) is 0 Å². The van der Waals surface area contributed by atoms with Crippen molar-refractivity contribution < 1.29 is 9.47 Å². The topological polar surface area (TPSA) is 101 Å². The molecule has 0 saturated carbocycles. The van der Waals surface area contributed by atoms with Crippen molar-refractivity contribution in [3.63, 3.8) is 0 Å². The highest BCUT2D eigenvalue weighted by Crippen LogP contribution is 2.28. The molecule has 0 amide bonds. The average Bonchev–Trinajstić information content (AvgIpc) is 3.20. The molecule has 2 aromatic heterocycles. The summed E-state index contributed by atoms with van der Waals surface area (Å²) in [5, 5.41) is 13.8. The minimum atomic E-state index is 0.178. The Bertz CT molecular complexity index is 1130. The zero-order valence-corrected chi connectivity index (χ0v) is 17.7. The molecule has 1 fully saturated rings. The molecule has 0 atom stereocenters. The van der Waals surface area contributed by atoms with Crippen LogP contribution in [0.4, 0.5) is 11.5 Å². The van der Waals surface area contributed by atoms with Gasteiger partial charge in [0.2, 0.25) is 0 Å². The molecule has 0 radical (unpaired) electrons. The van der Waals surface area contributed by atoms with Gasteiger partial charge in [-0.05, 0) is 6.92 Å². The van der Waals surface area contributed by atoms with Gasteiger partial charge in [-0.15, -0.1) is 0 Å². The molecule has 0 spiro atoms. The quantitative estimate of drug-likeness (QED) is 0.464. The standard InChI is InChI=1S/C22H25N7O2/c1-16-4-3-5-17(12-16)18(14-30-2)26-27-20-13-19(28-8-10-31-11-9-28)21-22(25-20)29(7-6-23)15-24-21/h3-5,12-13,15H,7-11,14H2,1-2H3,(H,25,27)/b26-18-. The summed E-state index contributed by atoms with van der Waals surface area (Å²) >= 11 is 0. The molecule has 9 heteroatoms. The van der Waals surface area contributed by atoms with Crippen molar-refractivity contribution in [2.45, 2.75) is 13.5 Å². The van der Waals surface area contributed by atoms with Crippen LogP contribution in [0.1, 0.15) is 11.1 Å². The number of hydrogen-bond donors (Lipinski definition) is 1. The third-order valence-corrected chi connectivity index (χ3v) is 5.08. The minimum Gasteiger partial charge on any atom is -0.378 e. The molecule has 1 saturated heterocycles. The van der Waals surface area contributed by atoms with Crippen LogP contribution < -0.4 is 10.3 Å². The number of pyridine rings is 1. The van der Waals surface area contributed by atoms with Crippen LogP contribution in [0, 0.1) is 18.3 Å². The fraction of sp³-hybridized carbons (Fsp3) is 0.364. The number of nitriles is 1. The van der Waals surface area contributed by atoms with Crippen LogP contribution in [0.15, 0.2) is 41.8 Å². The van der Waals surface area contributed by atoms with Gasteiger partial charge < -0.3 is 18.9 Å². The zero-order valence-electron chi connectivity index (χ0n) is 17.7. The second-order valence-electron chi connectivity index (χ2n) is 7.30. The van der Waals surface area contributed by atoms with E-state index in [0.717, 1.165) is 41.1 Å². The molecule has 160 valence electrons. The SMILES string of the molecule is COC/C(=N/Nc1cc(N2CCOCC2)c2ncn(CC#N)c2n1)c1cccc(C)c1. The molecule has 1 aliphatic rings. The van der Waals surface area contributed by atoms with Gasteiger partial charge in [-0.1, -0.05) is 29.8 Å². The Hall–Kier alpha value is -3.48. The van der Waals surface area contributed by atoms with E-state index in [4.69, 9.17) is 14.7 Å². The lowest BCUT2D eigenvalue weighted by atomic mass is 10.1. The van der Waals surface area contributed by atoms with E-state index in [9.17, 15) is 0 Å². The summed E-state index contributed by atoms with van der Waals surface area (Å²) in [5.74, 6) is 0.579. The number of benzene rings is 1. The van der Waals surface area contributed by atoms with E-state index >= 15 is 0 Å². The lowest BCUT2D eigenvalue weighted by molar-refractivity contribution is 0.123. The highest BCUT2D eigenvalue weighted by atomic mass is 16.5. The molecule has 0 bridgehead atoms. The second kappa shape index (κ2) is 9.55. The van der Waals surface area contributed by atoms with Crippen molar-refractivity contribution in [3.8, 4) is 6.07 Å². The number of hydrazone groups is 1. The number of nitrogens with zero attached hydrogens (tertiary/aromatic N) is 6. The summed E-state index contributed by atoms with van der Waals surface area (Å²) in [7, 11) is 1.65. The Labute approximate surface area is 180 Å². The summed E-state index contributed by atoms with van der Waals surface area (Å²) in [6.07, 6.45) is 1.65. The van der Waals surface area contributed by atoms with Crippen molar-refractivity contribution in [2.24, 2.45) is 5.10 Å². The number of imidazole rings is 1. The summed E-state index contributed by atoms with van der Waals surface area (Å²) in [6, 6.07) is 12.2. The summed E-state index contributed by atoms with van der Waals surface area (Å²) in [6.45, 7) is 5.44. The first-order valence-electron chi connectivity index (χ1n) is 10.1. The van der Waals surface area contributed by atoms with Crippen LogP contribution >= 0.6 is 0 Å². The van der Waals surface area contributed by atoms with Gasteiger partial charge in [0, 0.05) is 31.8 Å². The second-order valence-corrected chi connectivity index (χ2v) is 7.30. The maximum atomic E-state index is 9.16. The van der Waals surface area contributed by atoms with Gasteiger partial charge in [-0.25, -0.2) is 9.97 Å². The van der Waals surface area contributed by atoms with Crippen LogP contribution in [0.5, 0.6) is 0 Å². The Morgan fingerprint density at radius 2 is 2.16 bits per heavy atom. The molecule has 4 rings (SSSR count). The smallest absolute Gasteiger partial charge is 0.165 e. The highest BCUT2D eigenvalue weighted by Gasteiger charge is 2.19. The van der Waals surface area contributed by atoms with Crippen molar-refractivity contribution in [3.05, 3.63) is 47.8 Å². The Morgan fingerprint density at radius 1 is 1.32 bits per heavy atom. The molecule has 1 N–H and O–H groups in total. The van der Waals surface area contributed by atoms with E-state index in [0.29, 0.717) is 31.3 Å². The predicted molar refractivity (Wildman–Crippen MR) is 119 cm³/mol. The number of nitrogens with one attached hydrogen (secondary N) is 1. The van der Waals surface area contributed by atoms with Crippen molar-refractivity contribution in [1.29, 1.82) is 5.26 Å². The van der Waals surface area contributed by atoms with Crippen molar-refractivity contribution >= 4 is 28.4 Å². The number of anilines is 2.